The molecule has 0 saturated heterocycles. The molecule has 0 aromatic heterocycles. The molecule has 0 saturated carbocycles. The van der Waals surface area contributed by atoms with Gasteiger partial charge in [-0.3, -0.25) is 0 Å². The lowest BCUT2D eigenvalue weighted by Crippen LogP contribution is -2.00. The summed E-state index contributed by atoms with van der Waals surface area (Å²) < 4.78 is 1.01. The van der Waals surface area contributed by atoms with Gasteiger partial charge >= 0.3 is 0 Å². The molecule has 0 amide bonds. The maximum Gasteiger partial charge on any atom is 0.133 e. The van der Waals surface area contributed by atoms with Gasteiger partial charge in [0.05, 0.1) is 3.57 Å². The molecule has 2 nitrogen and oxygen atoms in total. The van der Waals surface area contributed by atoms with Crippen molar-refractivity contribution >= 4 is 22.6 Å². The van der Waals surface area contributed by atoms with Crippen LogP contribution in [-0.4, -0.2) is 5.11 Å². The van der Waals surface area contributed by atoms with Crippen LogP contribution in [0.2, 0.25) is 0 Å². The minimum Gasteiger partial charge on any atom is -0.506 e. The highest BCUT2D eigenvalue weighted by molar-refractivity contribution is 14.1. The predicted molar refractivity (Wildman–Crippen MR) is 60.7 cm³/mol. The lowest BCUT2D eigenvalue weighted by molar-refractivity contribution is 0.463. The largest absolute Gasteiger partial charge is 0.506 e. The first-order valence-corrected chi connectivity index (χ1v) is 5.54. The van der Waals surface area contributed by atoms with Crippen LogP contribution in [0.25, 0.3) is 0 Å². The Labute approximate surface area is 91.3 Å². The van der Waals surface area contributed by atoms with E-state index in [9.17, 15) is 5.11 Å². The summed E-state index contributed by atoms with van der Waals surface area (Å²) in [5.41, 5.74) is 9.14. The zero-order valence-corrected chi connectivity index (χ0v) is 9.47. The van der Waals surface area contributed by atoms with Gasteiger partial charge in [-0.25, -0.2) is 0 Å². The fourth-order valence-electron chi connectivity index (χ4n) is 1.90. The Hall–Kier alpha value is -0.290. The Morgan fingerprint density at radius 3 is 2.92 bits per heavy atom. The van der Waals surface area contributed by atoms with Crippen LogP contribution in [0.1, 0.15) is 23.1 Å². The summed E-state index contributed by atoms with van der Waals surface area (Å²) in [5.74, 6) is 0.392. The van der Waals surface area contributed by atoms with Crippen molar-refractivity contribution < 1.29 is 5.11 Å². The van der Waals surface area contributed by atoms with Crippen molar-refractivity contribution in [2.75, 3.05) is 0 Å². The van der Waals surface area contributed by atoms with Crippen LogP contribution in [0, 0.1) is 3.57 Å². The normalized spacial score (nSPS) is 14.6. The maximum absolute atomic E-state index is 9.77. The first-order chi connectivity index (χ1) is 6.24. The molecule has 0 fully saturated rings. The first-order valence-electron chi connectivity index (χ1n) is 4.46. The predicted octanol–water partition coefficient (Wildman–Crippen LogP) is 1.94. The highest BCUT2D eigenvalue weighted by Crippen LogP contribution is 2.35. The number of phenolic OH excluding ortho intramolecular Hbond substituents is 1. The van der Waals surface area contributed by atoms with Crippen molar-refractivity contribution in [1.82, 2.24) is 0 Å². The maximum atomic E-state index is 9.77. The smallest absolute Gasteiger partial charge is 0.133 e. The quantitative estimate of drug-likeness (QED) is 0.776. The number of fused-ring (bicyclic) bond motifs is 1. The molecule has 13 heavy (non-hydrogen) atoms. The van der Waals surface area contributed by atoms with E-state index in [1.165, 1.54) is 17.5 Å². The van der Waals surface area contributed by atoms with E-state index in [0.717, 1.165) is 22.0 Å². The molecule has 0 radical (unpaired) electrons. The minimum absolute atomic E-state index is 0.392. The Bertz CT molecular complexity index is 349. The number of nitrogens with two attached hydrogens (primary N) is 1. The van der Waals surface area contributed by atoms with Gasteiger partial charge in [-0.15, -0.1) is 0 Å². The van der Waals surface area contributed by atoms with Crippen molar-refractivity contribution in [2.24, 2.45) is 5.73 Å². The number of hydrogen-bond acceptors (Lipinski definition) is 2. The number of aromatic hydroxyl groups is 1. The molecular weight excluding hydrogens is 277 g/mol. The summed E-state index contributed by atoms with van der Waals surface area (Å²) >= 11 is 2.21. The van der Waals surface area contributed by atoms with Gasteiger partial charge in [0, 0.05) is 12.1 Å². The zero-order valence-electron chi connectivity index (χ0n) is 7.31. The third-order valence-corrected chi connectivity index (χ3v) is 3.77. The van der Waals surface area contributed by atoms with E-state index < -0.39 is 0 Å². The lowest BCUT2D eigenvalue weighted by atomic mass is 10.1. The third kappa shape index (κ3) is 1.44. The SMILES string of the molecule is NCc1cc2c(c(I)c1O)CCC2. The van der Waals surface area contributed by atoms with Crippen molar-refractivity contribution in [2.45, 2.75) is 25.8 Å². The lowest BCUT2D eigenvalue weighted by Gasteiger charge is -2.09. The molecular formula is C10H12INO. The van der Waals surface area contributed by atoms with Crippen LogP contribution in [0.15, 0.2) is 6.07 Å². The Morgan fingerprint density at radius 2 is 2.23 bits per heavy atom. The van der Waals surface area contributed by atoms with Gasteiger partial charge in [-0.1, -0.05) is 6.07 Å². The van der Waals surface area contributed by atoms with Crippen LogP contribution >= 0.6 is 22.6 Å². The monoisotopic (exact) mass is 289 g/mol. The van der Waals surface area contributed by atoms with Crippen LogP contribution in [0.3, 0.4) is 0 Å². The highest BCUT2D eigenvalue weighted by atomic mass is 127. The second-order valence-corrected chi connectivity index (χ2v) is 4.47. The van der Waals surface area contributed by atoms with Gasteiger partial charge < -0.3 is 10.8 Å². The van der Waals surface area contributed by atoms with Gasteiger partial charge in [0.25, 0.3) is 0 Å². The molecule has 70 valence electrons. The number of aryl methyl sites for hydroxylation is 1. The Morgan fingerprint density at radius 1 is 1.46 bits per heavy atom. The first kappa shape index (κ1) is 9.27. The van der Waals surface area contributed by atoms with Crippen molar-refractivity contribution in [3.63, 3.8) is 0 Å². The minimum atomic E-state index is 0.392. The standard InChI is InChI=1S/C10H12INO/c11-9-8-3-1-2-6(8)4-7(5-12)10(9)13/h4,13H,1-3,5,12H2. The molecule has 0 atom stereocenters. The fraction of sp³-hybridized carbons (Fsp3) is 0.400. The van der Waals surface area contributed by atoms with Gasteiger partial charge in [0.15, 0.2) is 0 Å². The van der Waals surface area contributed by atoms with Crippen LogP contribution in [0.4, 0.5) is 0 Å². The third-order valence-electron chi connectivity index (χ3n) is 2.61. The van der Waals surface area contributed by atoms with E-state index in [2.05, 4.69) is 28.7 Å². The van der Waals surface area contributed by atoms with E-state index in [-0.39, 0.29) is 0 Å². The van der Waals surface area contributed by atoms with E-state index in [0.29, 0.717) is 12.3 Å². The Kier molecular flexibility index (Phi) is 2.47. The van der Waals surface area contributed by atoms with Crippen LogP contribution < -0.4 is 5.73 Å². The second kappa shape index (κ2) is 3.46. The van der Waals surface area contributed by atoms with Crippen LogP contribution in [0.5, 0.6) is 5.75 Å². The van der Waals surface area contributed by atoms with Crippen molar-refractivity contribution in [1.29, 1.82) is 0 Å². The molecule has 0 aliphatic heterocycles. The van der Waals surface area contributed by atoms with Crippen molar-refractivity contribution in [3.05, 3.63) is 26.3 Å². The number of rotatable bonds is 1. The van der Waals surface area contributed by atoms with E-state index in [1.807, 2.05) is 0 Å². The average molecular weight is 289 g/mol. The average Bonchev–Trinajstić information content (AvgIpc) is 2.59. The molecule has 0 bridgehead atoms. The summed E-state index contributed by atoms with van der Waals surface area (Å²) in [5, 5.41) is 9.77. The topological polar surface area (TPSA) is 46.2 Å². The van der Waals surface area contributed by atoms with Crippen molar-refractivity contribution in [3.8, 4) is 5.75 Å². The van der Waals surface area contributed by atoms with Gasteiger partial charge in [-0.2, -0.15) is 0 Å². The summed E-state index contributed by atoms with van der Waals surface area (Å²) in [4.78, 5) is 0. The molecule has 0 spiro atoms. The summed E-state index contributed by atoms with van der Waals surface area (Å²) in [6, 6.07) is 2.06. The number of phenols is 1. The molecule has 2 rings (SSSR count). The molecule has 3 heteroatoms. The summed E-state index contributed by atoms with van der Waals surface area (Å²) in [6.07, 6.45) is 3.45. The zero-order chi connectivity index (χ0) is 9.42. The highest BCUT2D eigenvalue weighted by Gasteiger charge is 2.18. The second-order valence-electron chi connectivity index (χ2n) is 3.39. The van der Waals surface area contributed by atoms with Gasteiger partial charge in [0.1, 0.15) is 5.75 Å². The van der Waals surface area contributed by atoms with Crippen LogP contribution in [-0.2, 0) is 19.4 Å². The number of hydrogen-bond donors (Lipinski definition) is 2. The summed E-state index contributed by atoms with van der Waals surface area (Å²) in [6.45, 7) is 0.426. The number of benzene rings is 1. The Balaban J connectivity index is 2.61. The molecule has 1 aromatic carbocycles. The molecule has 0 heterocycles. The van der Waals surface area contributed by atoms with Gasteiger partial charge in [0.2, 0.25) is 0 Å². The molecule has 1 aliphatic rings. The molecule has 0 unspecified atom stereocenters. The van der Waals surface area contributed by atoms with E-state index in [1.54, 1.807) is 0 Å². The number of halogens is 1. The fourth-order valence-corrected chi connectivity index (χ4v) is 2.86. The van der Waals surface area contributed by atoms with E-state index >= 15 is 0 Å². The summed E-state index contributed by atoms with van der Waals surface area (Å²) in [7, 11) is 0. The van der Waals surface area contributed by atoms with E-state index in [4.69, 9.17) is 5.73 Å². The molecule has 3 N–H and O–H groups in total. The molecule has 1 aromatic rings. The molecule has 1 aliphatic carbocycles. The van der Waals surface area contributed by atoms with Gasteiger partial charge in [-0.05, 0) is 53.0 Å².